The third-order valence-electron chi connectivity index (χ3n) is 4.73. The highest BCUT2D eigenvalue weighted by atomic mass is 35.5. The lowest BCUT2D eigenvalue weighted by Gasteiger charge is -2.20. The second kappa shape index (κ2) is 4.78. The number of hydrogen-bond donors (Lipinski definition) is 0. The number of halogens is 1. The Labute approximate surface area is 124 Å². The second-order valence-corrected chi connectivity index (χ2v) is 6.37. The van der Waals surface area contributed by atoms with Crippen molar-refractivity contribution in [2.75, 3.05) is 0 Å². The molecular formula is C17H17ClN2. The molecule has 0 amide bonds. The Hall–Kier alpha value is -1.54. The maximum absolute atomic E-state index is 6.03. The molecule has 20 heavy (non-hydrogen) atoms. The van der Waals surface area contributed by atoms with E-state index >= 15 is 0 Å². The lowest BCUT2D eigenvalue weighted by atomic mass is 9.91. The zero-order valence-electron chi connectivity index (χ0n) is 11.3. The molecule has 102 valence electrons. The lowest BCUT2D eigenvalue weighted by Crippen LogP contribution is -2.07. The van der Waals surface area contributed by atoms with E-state index in [1.807, 2.05) is 30.9 Å². The molecule has 2 aliphatic rings. The van der Waals surface area contributed by atoms with Crippen molar-refractivity contribution in [1.29, 1.82) is 0 Å². The Balaban J connectivity index is 1.86. The van der Waals surface area contributed by atoms with E-state index in [0.29, 0.717) is 0 Å². The van der Waals surface area contributed by atoms with E-state index in [-0.39, 0.29) is 0 Å². The Morgan fingerprint density at radius 2 is 2.05 bits per heavy atom. The van der Waals surface area contributed by atoms with Crippen LogP contribution >= 0.6 is 11.6 Å². The van der Waals surface area contributed by atoms with Gasteiger partial charge in [0.25, 0.3) is 0 Å². The highest BCUT2D eigenvalue weighted by Crippen LogP contribution is 2.50. The Morgan fingerprint density at radius 1 is 1.20 bits per heavy atom. The molecule has 1 aromatic heterocycles. The van der Waals surface area contributed by atoms with Crippen molar-refractivity contribution in [3.05, 3.63) is 59.1 Å². The number of hydrogen-bond acceptors (Lipinski definition) is 1. The molecule has 0 spiro atoms. The van der Waals surface area contributed by atoms with Gasteiger partial charge in [-0.15, -0.1) is 0 Å². The van der Waals surface area contributed by atoms with Gasteiger partial charge in [0.2, 0.25) is 0 Å². The molecule has 0 saturated heterocycles. The van der Waals surface area contributed by atoms with Crippen molar-refractivity contribution >= 4 is 17.3 Å². The van der Waals surface area contributed by atoms with Crippen LogP contribution in [0.1, 0.15) is 31.2 Å². The fourth-order valence-electron chi connectivity index (χ4n) is 3.84. The summed E-state index contributed by atoms with van der Waals surface area (Å²) in [6.45, 7) is 0. The fourth-order valence-corrected chi connectivity index (χ4v) is 3.97. The first-order valence-electron chi connectivity index (χ1n) is 7.28. The van der Waals surface area contributed by atoms with E-state index in [9.17, 15) is 0 Å². The Bertz CT molecular complexity index is 640. The van der Waals surface area contributed by atoms with Crippen molar-refractivity contribution in [1.82, 2.24) is 9.55 Å². The summed E-state index contributed by atoms with van der Waals surface area (Å²) in [5, 5.41) is 0.789. The summed E-state index contributed by atoms with van der Waals surface area (Å²) in [7, 11) is 0. The summed E-state index contributed by atoms with van der Waals surface area (Å²) in [4.78, 5) is 4.22. The van der Waals surface area contributed by atoms with Crippen LogP contribution in [0.4, 0.5) is 0 Å². The largest absolute Gasteiger partial charge is 0.306 e. The molecule has 3 heteroatoms. The highest BCUT2D eigenvalue weighted by Gasteiger charge is 2.37. The zero-order chi connectivity index (χ0) is 13.5. The van der Waals surface area contributed by atoms with Crippen LogP contribution in [0.2, 0.25) is 5.02 Å². The van der Waals surface area contributed by atoms with Crippen LogP contribution in [0.3, 0.4) is 0 Å². The predicted molar refractivity (Wildman–Crippen MR) is 81.4 cm³/mol. The van der Waals surface area contributed by atoms with Gasteiger partial charge in [0.15, 0.2) is 0 Å². The summed E-state index contributed by atoms with van der Waals surface area (Å²) in [6.07, 6.45) is 11.2. The maximum Gasteiger partial charge on any atom is 0.0991 e. The zero-order valence-corrected chi connectivity index (χ0v) is 12.1. The normalized spacial score (nSPS) is 27.1. The van der Waals surface area contributed by atoms with Gasteiger partial charge in [0, 0.05) is 17.4 Å². The number of imidazole rings is 1. The molecule has 2 unspecified atom stereocenters. The molecule has 2 saturated carbocycles. The predicted octanol–water partition coefficient (Wildman–Crippen LogP) is 4.62. The van der Waals surface area contributed by atoms with Crippen LogP contribution in [0, 0.1) is 11.8 Å². The summed E-state index contributed by atoms with van der Waals surface area (Å²) in [6, 6.07) is 8.19. The van der Waals surface area contributed by atoms with Crippen LogP contribution in [-0.2, 0) is 0 Å². The second-order valence-electron chi connectivity index (χ2n) is 5.93. The molecular weight excluding hydrogens is 268 g/mol. The fraction of sp³-hybridized carbons (Fsp3) is 0.353. The van der Waals surface area contributed by atoms with Gasteiger partial charge in [-0.1, -0.05) is 23.7 Å². The van der Waals surface area contributed by atoms with E-state index in [2.05, 4.69) is 21.7 Å². The van der Waals surface area contributed by atoms with Crippen LogP contribution in [0.25, 0.3) is 5.70 Å². The molecule has 2 aliphatic carbocycles. The number of rotatable bonds is 2. The summed E-state index contributed by atoms with van der Waals surface area (Å²) >= 11 is 6.03. The first-order chi connectivity index (χ1) is 9.81. The summed E-state index contributed by atoms with van der Waals surface area (Å²) < 4.78 is 2.17. The topological polar surface area (TPSA) is 17.8 Å². The first-order valence-corrected chi connectivity index (χ1v) is 7.66. The number of allylic oxidation sites excluding steroid dienone is 1. The van der Waals surface area contributed by atoms with Crippen molar-refractivity contribution in [2.24, 2.45) is 11.8 Å². The Kier molecular flexibility index (Phi) is 2.92. The number of benzene rings is 1. The molecule has 0 N–H and O–H groups in total. The van der Waals surface area contributed by atoms with Gasteiger partial charge in [-0.3, -0.25) is 0 Å². The van der Waals surface area contributed by atoms with Gasteiger partial charge in [-0.05, 0) is 60.8 Å². The van der Waals surface area contributed by atoms with Crippen LogP contribution in [0.15, 0.2) is 48.6 Å². The maximum atomic E-state index is 6.03. The molecule has 2 aromatic rings. The highest BCUT2D eigenvalue weighted by molar-refractivity contribution is 6.30. The summed E-state index contributed by atoms with van der Waals surface area (Å²) in [5.74, 6) is 1.67. The molecule has 2 fully saturated rings. The SMILES string of the molecule is Clc1ccc(C(=C2CC3CCC2C3)n2ccnc2)cc1. The molecule has 0 aliphatic heterocycles. The average molecular weight is 285 g/mol. The van der Waals surface area contributed by atoms with E-state index < -0.39 is 0 Å². The molecule has 1 heterocycles. The van der Waals surface area contributed by atoms with Crippen molar-refractivity contribution in [3.63, 3.8) is 0 Å². The standard InChI is InChI=1S/C17H17ClN2/c18-15-5-3-13(4-6-15)17(20-8-7-19-11-20)16-10-12-1-2-14(16)9-12/h3-8,11-12,14H,1-2,9-10H2. The van der Waals surface area contributed by atoms with Gasteiger partial charge >= 0.3 is 0 Å². The lowest BCUT2D eigenvalue weighted by molar-refractivity contribution is 0.560. The molecule has 0 radical (unpaired) electrons. The van der Waals surface area contributed by atoms with E-state index in [4.69, 9.17) is 11.6 Å². The van der Waals surface area contributed by atoms with Gasteiger partial charge in [-0.25, -0.2) is 4.98 Å². The van der Waals surface area contributed by atoms with Crippen molar-refractivity contribution in [3.8, 4) is 0 Å². The van der Waals surface area contributed by atoms with Crippen molar-refractivity contribution in [2.45, 2.75) is 25.7 Å². The minimum absolute atomic E-state index is 0.771. The number of nitrogens with zero attached hydrogens (tertiary/aromatic N) is 2. The molecule has 1 aromatic carbocycles. The van der Waals surface area contributed by atoms with Gasteiger partial charge < -0.3 is 4.57 Å². The van der Waals surface area contributed by atoms with E-state index in [0.717, 1.165) is 16.9 Å². The monoisotopic (exact) mass is 284 g/mol. The Morgan fingerprint density at radius 3 is 2.65 bits per heavy atom. The van der Waals surface area contributed by atoms with Gasteiger partial charge in [0.1, 0.15) is 0 Å². The van der Waals surface area contributed by atoms with E-state index in [1.54, 1.807) is 5.57 Å². The van der Waals surface area contributed by atoms with Crippen molar-refractivity contribution < 1.29 is 0 Å². The minimum atomic E-state index is 0.771. The molecule has 2 bridgehead atoms. The molecule has 4 rings (SSSR count). The third kappa shape index (κ3) is 1.99. The first kappa shape index (κ1) is 12.2. The van der Waals surface area contributed by atoms with E-state index in [1.165, 1.54) is 36.9 Å². The minimum Gasteiger partial charge on any atom is -0.306 e. The quantitative estimate of drug-likeness (QED) is 0.787. The van der Waals surface area contributed by atoms with Gasteiger partial charge in [-0.2, -0.15) is 0 Å². The molecule has 2 nitrogen and oxygen atoms in total. The number of fused-ring (bicyclic) bond motifs is 2. The average Bonchev–Trinajstić information content (AvgIpc) is 3.18. The molecule has 2 atom stereocenters. The number of aromatic nitrogens is 2. The summed E-state index contributed by atoms with van der Waals surface area (Å²) in [5.41, 5.74) is 4.18. The van der Waals surface area contributed by atoms with Crippen LogP contribution < -0.4 is 0 Å². The third-order valence-corrected chi connectivity index (χ3v) is 4.98. The van der Waals surface area contributed by atoms with Gasteiger partial charge in [0.05, 0.1) is 12.0 Å². The van der Waals surface area contributed by atoms with Crippen LogP contribution in [0.5, 0.6) is 0 Å². The smallest absolute Gasteiger partial charge is 0.0991 e. The van der Waals surface area contributed by atoms with Crippen LogP contribution in [-0.4, -0.2) is 9.55 Å².